The molecule has 0 aliphatic carbocycles. The van der Waals surface area contributed by atoms with E-state index in [1.54, 1.807) is 37.0 Å². The second-order valence-corrected chi connectivity index (χ2v) is 11.1. The zero-order valence-corrected chi connectivity index (χ0v) is 23.0. The summed E-state index contributed by atoms with van der Waals surface area (Å²) in [7, 11) is 0. The summed E-state index contributed by atoms with van der Waals surface area (Å²) in [4.78, 5) is 15.9. The first-order chi connectivity index (χ1) is 18.6. The number of piperidine rings is 1. The van der Waals surface area contributed by atoms with Gasteiger partial charge in [0.2, 0.25) is 0 Å². The first-order valence-corrected chi connectivity index (χ1v) is 13.2. The maximum Gasteiger partial charge on any atom is 0.138 e. The number of fused-ring (bicyclic) bond motifs is 1. The zero-order valence-electron chi connectivity index (χ0n) is 23.0. The van der Waals surface area contributed by atoms with E-state index in [1.807, 2.05) is 37.4 Å². The Kier molecular flexibility index (Phi) is 7.10. The van der Waals surface area contributed by atoms with E-state index in [2.05, 4.69) is 45.2 Å². The third-order valence-electron chi connectivity index (χ3n) is 7.02. The number of hydrogen-bond donors (Lipinski definition) is 2. The molecular formula is C29H34N8O2. The lowest BCUT2D eigenvalue weighted by atomic mass is 9.85. The van der Waals surface area contributed by atoms with Crippen molar-refractivity contribution < 1.29 is 9.84 Å². The Morgan fingerprint density at radius 2 is 1.92 bits per heavy atom. The Morgan fingerprint density at radius 1 is 1.15 bits per heavy atom. The van der Waals surface area contributed by atoms with Crippen molar-refractivity contribution >= 4 is 17.2 Å². The van der Waals surface area contributed by atoms with E-state index in [4.69, 9.17) is 9.72 Å². The summed E-state index contributed by atoms with van der Waals surface area (Å²) >= 11 is 0. The average Bonchev–Trinajstić information content (AvgIpc) is 3.32. The number of nitrogens with one attached hydrogen (secondary N) is 1. The topological polar surface area (TPSA) is 124 Å². The molecule has 5 rings (SSSR count). The summed E-state index contributed by atoms with van der Waals surface area (Å²) in [5.41, 5.74) is 1.83. The number of nitriles is 1. The van der Waals surface area contributed by atoms with Gasteiger partial charge < -0.3 is 20.1 Å². The number of aromatic nitrogens is 5. The van der Waals surface area contributed by atoms with Crippen LogP contribution in [0.4, 0.5) is 11.6 Å². The smallest absolute Gasteiger partial charge is 0.138 e. The fraction of sp³-hybridized carbons (Fsp3) is 0.414. The minimum Gasteiger partial charge on any atom is -0.489 e. The molecule has 10 nitrogen and oxygen atoms in total. The Bertz CT molecular complexity index is 1490. The highest BCUT2D eigenvalue weighted by Crippen LogP contribution is 2.33. The maximum atomic E-state index is 10.1. The van der Waals surface area contributed by atoms with Gasteiger partial charge in [-0.3, -0.25) is 0 Å². The highest BCUT2D eigenvalue weighted by atomic mass is 16.5. The van der Waals surface area contributed by atoms with Crippen molar-refractivity contribution in [3.63, 3.8) is 0 Å². The number of hydrogen-bond acceptors (Lipinski definition) is 9. The predicted octanol–water partition coefficient (Wildman–Crippen LogP) is 4.09. The average molecular weight is 527 g/mol. The van der Waals surface area contributed by atoms with Crippen molar-refractivity contribution in [1.82, 2.24) is 24.6 Å². The van der Waals surface area contributed by atoms with E-state index in [1.165, 1.54) is 0 Å². The molecule has 0 amide bonds. The second kappa shape index (κ2) is 10.5. The van der Waals surface area contributed by atoms with Gasteiger partial charge in [0.25, 0.3) is 0 Å². The van der Waals surface area contributed by atoms with Crippen LogP contribution >= 0.6 is 0 Å². The number of ether oxygens (including phenoxy) is 1. The van der Waals surface area contributed by atoms with Crippen molar-refractivity contribution in [2.24, 2.45) is 11.8 Å². The van der Waals surface area contributed by atoms with E-state index < -0.39 is 5.60 Å². The third kappa shape index (κ3) is 5.78. The minimum atomic E-state index is -0.981. The van der Waals surface area contributed by atoms with Crippen LogP contribution in [-0.4, -0.2) is 61.0 Å². The lowest BCUT2D eigenvalue weighted by molar-refractivity contribution is 0.0283. The van der Waals surface area contributed by atoms with E-state index in [0.29, 0.717) is 34.7 Å². The van der Waals surface area contributed by atoms with Gasteiger partial charge in [-0.1, -0.05) is 13.8 Å². The van der Waals surface area contributed by atoms with Gasteiger partial charge in [0.15, 0.2) is 0 Å². The number of nitrogens with zero attached hydrogens (tertiary/aromatic N) is 7. The predicted molar refractivity (Wildman–Crippen MR) is 150 cm³/mol. The van der Waals surface area contributed by atoms with Crippen LogP contribution in [-0.2, 0) is 0 Å². The van der Waals surface area contributed by atoms with Crippen LogP contribution in [0.25, 0.3) is 16.6 Å². The summed E-state index contributed by atoms with van der Waals surface area (Å²) in [6, 6.07) is 10.4. The van der Waals surface area contributed by atoms with Crippen LogP contribution in [0.1, 0.15) is 39.1 Å². The van der Waals surface area contributed by atoms with Crippen LogP contribution in [0.5, 0.6) is 5.75 Å². The molecule has 0 radical (unpaired) electrons. The van der Waals surface area contributed by atoms with Crippen molar-refractivity contribution in [2.45, 2.75) is 46.3 Å². The molecule has 1 unspecified atom stereocenters. The molecule has 1 aliphatic heterocycles. The molecule has 4 aromatic heterocycles. The molecule has 39 heavy (non-hydrogen) atoms. The van der Waals surface area contributed by atoms with Crippen molar-refractivity contribution in [2.75, 3.05) is 29.9 Å². The van der Waals surface area contributed by atoms with Gasteiger partial charge in [-0.15, -0.1) is 0 Å². The van der Waals surface area contributed by atoms with Gasteiger partial charge in [-0.25, -0.2) is 19.5 Å². The quantitative estimate of drug-likeness (QED) is 0.366. The lowest BCUT2D eigenvalue weighted by Crippen LogP contribution is -2.51. The third-order valence-corrected chi connectivity index (χ3v) is 7.02. The highest BCUT2D eigenvalue weighted by Gasteiger charge is 2.33. The van der Waals surface area contributed by atoms with E-state index in [-0.39, 0.29) is 6.61 Å². The molecule has 3 atom stereocenters. The molecule has 1 aliphatic rings. The fourth-order valence-corrected chi connectivity index (χ4v) is 5.21. The molecule has 202 valence electrons. The Labute approximate surface area is 228 Å². The number of pyridine rings is 2. The molecule has 0 aromatic carbocycles. The van der Waals surface area contributed by atoms with Crippen molar-refractivity contribution in [1.29, 1.82) is 5.26 Å². The Morgan fingerprint density at radius 3 is 2.56 bits per heavy atom. The van der Waals surface area contributed by atoms with Crippen LogP contribution in [0.2, 0.25) is 0 Å². The monoisotopic (exact) mass is 526 g/mol. The highest BCUT2D eigenvalue weighted by molar-refractivity contribution is 5.85. The van der Waals surface area contributed by atoms with Gasteiger partial charge in [-0.05, 0) is 56.9 Å². The largest absolute Gasteiger partial charge is 0.489 e. The van der Waals surface area contributed by atoms with Gasteiger partial charge in [-0.2, -0.15) is 10.4 Å². The van der Waals surface area contributed by atoms with Crippen LogP contribution in [0, 0.1) is 30.1 Å². The standard InChI is InChI=1S/C29H34N8O2/c1-18-14-36(15-19(2)27(18)35-25-8-9-31-20(3)34-25)26-7-6-21(12-32-26)24-10-23(39-17-29(4,5)38)16-37-28(24)22(11-30)13-33-37/h6-10,12-13,16,18-19,27,38H,14-15,17H2,1-5H3,(H,31,34,35)/t18-,19+,27?. The first kappa shape index (κ1) is 26.4. The van der Waals surface area contributed by atoms with E-state index >= 15 is 0 Å². The normalized spacial score (nSPS) is 19.6. The summed E-state index contributed by atoms with van der Waals surface area (Å²) in [6.07, 6.45) is 6.89. The van der Waals surface area contributed by atoms with E-state index in [0.717, 1.165) is 41.7 Å². The van der Waals surface area contributed by atoms with Crippen LogP contribution in [0.3, 0.4) is 0 Å². The lowest BCUT2D eigenvalue weighted by Gasteiger charge is -2.42. The summed E-state index contributed by atoms with van der Waals surface area (Å²) < 4.78 is 7.49. The molecule has 2 N–H and O–H groups in total. The fourth-order valence-electron chi connectivity index (χ4n) is 5.21. The van der Waals surface area contributed by atoms with Gasteiger partial charge in [0, 0.05) is 42.7 Å². The second-order valence-electron chi connectivity index (χ2n) is 11.1. The number of aryl methyl sites for hydroxylation is 1. The maximum absolute atomic E-state index is 10.1. The van der Waals surface area contributed by atoms with Crippen molar-refractivity contribution in [3.8, 4) is 22.9 Å². The molecule has 5 heterocycles. The van der Waals surface area contributed by atoms with E-state index in [9.17, 15) is 10.4 Å². The zero-order chi connectivity index (χ0) is 27.7. The first-order valence-electron chi connectivity index (χ1n) is 13.2. The number of rotatable bonds is 7. The summed E-state index contributed by atoms with van der Waals surface area (Å²) in [5.74, 6) is 3.82. The molecule has 0 spiro atoms. The SMILES string of the molecule is Cc1nccc(NC2[C@H](C)CN(c3ccc(-c4cc(OCC(C)(C)O)cn5ncc(C#N)c45)cn3)C[C@@H]2C)n1. The molecule has 10 heteroatoms. The minimum absolute atomic E-state index is 0.125. The molecule has 1 saturated heterocycles. The van der Waals surface area contributed by atoms with Gasteiger partial charge in [0.1, 0.15) is 35.9 Å². The molecule has 4 aromatic rings. The number of aliphatic hydroxyl groups is 1. The van der Waals surface area contributed by atoms with Crippen molar-refractivity contribution in [3.05, 3.63) is 60.4 Å². The summed E-state index contributed by atoms with van der Waals surface area (Å²) in [6.45, 7) is 11.6. The molecule has 0 bridgehead atoms. The molecule has 0 saturated carbocycles. The Hall–Kier alpha value is -4.23. The summed E-state index contributed by atoms with van der Waals surface area (Å²) in [5, 5.41) is 27.7. The van der Waals surface area contributed by atoms with Gasteiger partial charge >= 0.3 is 0 Å². The Balaban J connectivity index is 1.37. The molecular weight excluding hydrogens is 492 g/mol. The van der Waals surface area contributed by atoms with Crippen LogP contribution in [0.15, 0.2) is 49.1 Å². The van der Waals surface area contributed by atoms with Crippen LogP contribution < -0.4 is 15.0 Å². The van der Waals surface area contributed by atoms with Gasteiger partial charge in [0.05, 0.1) is 29.1 Å². The molecule has 1 fully saturated rings. The number of anilines is 2.